The number of benzene rings is 2. The molecule has 2 aromatic rings. The van der Waals surface area contributed by atoms with Gasteiger partial charge in [-0.3, -0.25) is 4.79 Å². The smallest absolute Gasteiger partial charge is 0.238 e. The van der Waals surface area contributed by atoms with Gasteiger partial charge in [-0.2, -0.15) is 0 Å². The number of carbonyl (C=O) groups is 1. The Bertz CT molecular complexity index is 796. The molecule has 1 atom stereocenters. The summed E-state index contributed by atoms with van der Waals surface area (Å²) < 4.78 is 27.5. The minimum atomic E-state index is -0.658. The van der Waals surface area contributed by atoms with Crippen LogP contribution in [0, 0.1) is 11.6 Å². The molecule has 1 aliphatic rings. The van der Waals surface area contributed by atoms with E-state index >= 15 is 0 Å². The Morgan fingerprint density at radius 2 is 2.00 bits per heavy atom. The third-order valence-corrected chi connectivity index (χ3v) is 5.41. The fourth-order valence-corrected chi connectivity index (χ4v) is 3.82. The highest BCUT2D eigenvalue weighted by Gasteiger charge is 2.23. The minimum absolute atomic E-state index is 0.120. The molecule has 3 nitrogen and oxygen atoms in total. The molecule has 0 saturated heterocycles. The van der Waals surface area contributed by atoms with Crippen molar-refractivity contribution in [3.8, 4) is 0 Å². The first-order valence-electron chi connectivity index (χ1n) is 8.46. The van der Waals surface area contributed by atoms with Crippen molar-refractivity contribution in [1.29, 1.82) is 0 Å². The number of carbonyl (C=O) groups excluding carboxylic acids is 1. The molecule has 0 radical (unpaired) electrons. The largest absolute Gasteiger partial charge is 0.351 e. The highest BCUT2D eigenvalue weighted by atomic mass is 32.2. The summed E-state index contributed by atoms with van der Waals surface area (Å²) in [5.74, 6) is -1.28. The number of rotatable bonds is 6. The van der Waals surface area contributed by atoms with Crippen LogP contribution in [0.3, 0.4) is 0 Å². The first-order chi connectivity index (χ1) is 12.6. The Morgan fingerprint density at radius 1 is 1.19 bits per heavy atom. The van der Waals surface area contributed by atoms with Crippen molar-refractivity contribution in [3.63, 3.8) is 0 Å². The molecule has 1 heterocycles. The average molecular weight is 374 g/mol. The van der Waals surface area contributed by atoms with Crippen molar-refractivity contribution in [3.05, 3.63) is 77.4 Å². The fourth-order valence-electron chi connectivity index (χ4n) is 2.72. The zero-order chi connectivity index (χ0) is 18.4. The van der Waals surface area contributed by atoms with Crippen LogP contribution in [0.1, 0.15) is 17.2 Å². The summed E-state index contributed by atoms with van der Waals surface area (Å²) >= 11 is 1.02. The van der Waals surface area contributed by atoms with Gasteiger partial charge < -0.3 is 10.6 Å². The zero-order valence-electron chi connectivity index (χ0n) is 14.2. The molecule has 0 aromatic heterocycles. The van der Waals surface area contributed by atoms with E-state index in [4.69, 9.17) is 0 Å². The van der Waals surface area contributed by atoms with E-state index in [2.05, 4.69) is 16.7 Å². The number of amides is 1. The van der Waals surface area contributed by atoms with Gasteiger partial charge in [0.1, 0.15) is 16.9 Å². The minimum Gasteiger partial charge on any atom is -0.351 e. The van der Waals surface area contributed by atoms with Crippen LogP contribution < -0.4 is 10.6 Å². The zero-order valence-corrected chi connectivity index (χ0v) is 15.0. The number of halogens is 2. The van der Waals surface area contributed by atoms with E-state index in [9.17, 15) is 13.6 Å². The molecule has 2 N–H and O–H groups in total. The molecule has 0 fully saturated rings. The van der Waals surface area contributed by atoms with E-state index in [1.807, 2.05) is 30.3 Å². The van der Waals surface area contributed by atoms with Crippen LogP contribution in [-0.4, -0.2) is 25.5 Å². The van der Waals surface area contributed by atoms with Gasteiger partial charge in [0, 0.05) is 18.0 Å². The van der Waals surface area contributed by atoms with Gasteiger partial charge in [0.25, 0.3) is 0 Å². The monoisotopic (exact) mass is 374 g/mol. The molecule has 6 heteroatoms. The molecule has 136 valence electrons. The lowest BCUT2D eigenvalue weighted by molar-refractivity contribution is -0.120. The van der Waals surface area contributed by atoms with Crippen LogP contribution in [0.2, 0.25) is 0 Å². The summed E-state index contributed by atoms with van der Waals surface area (Å²) in [5.41, 5.74) is 1.92. The van der Waals surface area contributed by atoms with Crippen molar-refractivity contribution >= 4 is 17.7 Å². The molecule has 0 spiro atoms. The van der Waals surface area contributed by atoms with Crippen molar-refractivity contribution in [2.24, 2.45) is 0 Å². The van der Waals surface area contributed by atoms with E-state index in [1.165, 1.54) is 5.57 Å². The maximum Gasteiger partial charge on any atom is 0.238 e. The summed E-state index contributed by atoms with van der Waals surface area (Å²) in [6, 6.07) is 12.4. The maximum absolute atomic E-state index is 14.1. The molecular formula is C20H20F2N2OS. The highest BCUT2D eigenvalue weighted by molar-refractivity contribution is 8.00. The van der Waals surface area contributed by atoms with Crippen LogP contribution in [0.4, 0.5) is 8.78 Å². The van der Waals surface area contributed by atoms with Crippen molar-refractivity contribution < 1.29 is 13.6 Å². The van der Waals surface area contributed by atoms with Crippen molar-refractivity contribution in [2.75, 3.05) is 19.6 Å². The van der Waals surface area contributed by atoms with Crippen LogP contribution in [0.5, 0.6) is 0 Å². The van der Waals surface area contributed by atoms with Gasteiger partial charge >= 0.3 is 0 Å². The lowest BCUT2D eigenvalue weighted by Crippen LogP contribution is -2.32. The van der Waals surface area contributed by atoms with E-state index in [0.717, 1.165) is 55.0 Å². The SMILES string of the molecule is O=C(NCC1=CCNCC1)C(Sc1cc(F)ccc1F)c1ccccc1. The molecule has 0 saturated carbocycles. The molecule has 0 aliphatic carbocycles. The first-order valence-corrected chi connectivity index (χ1v) is 9.34. The van der Waals surface area contributed by atoms with Crippen LogP contribution >= 0.6 is 11.8 Å². The Morgan fingerprint density at radius 3 is 2.73 bits per heavy atom. The van der Waals surface area contributed by atoms with Gasteiger partial charge in [0.05, 0.1) is 0 Å². The van der Waals surface area contributed by atoms with Crippen molar-refractivity contribution in [2.45, 2.75) is 16.6 Å². The molecule has 1 amide bonds. The maximum atomic E-state index is 14.1. The lowest BCUT2D eigenvalue weighted by Gasteiger charge is -2.19. The molecule has 26 heavy (non-hydrogen) atoms. The first kappa shape index (κ1) is 18.6. The second-order valence-electron chi connectivity index (χ2n) is 6.02. The Labute approximate surface area is 155 Å². The second kappa shape index (κ2) is 8.96. The third kappa shape index (κ3) is 4.93. The van der Waals surface area contributed by atoms with Gasteiger partial charge in [-0.25, -0.2) is 8.78 Å². The standard InChI is InChI=1S/C20H20F2N2OS/c21-16-6-7-17(22)18(12-16)26-19(15-4-2-1-3-5-15)20(25)24-13-14-8-10-23-11-9-14/h1-8,12,19,23H,9-11,13H2,(H,24,25). The van der Waals surface area contributed by atoms with Gasteiger partial charge in [-0.05, 0) is 36.7 Å². The summed E-state index contributed by atoms with van der Waals surface area (Å²) in [4.78, 5) is 12.9. The van der Waals surface area contributed by atoms with E-state index in [-0.39, 0.29) is 10.8 Å². The normalized spacial score (nSPS) is 15.2. The average Bonchev–Trinajstić information content (AvgIpc) is 2.68. The van der Waals surface area contributed by atoms with E-state index < -0.39 is 16.9 Å². The molecular weight excluding hydrogens is 354 g/mol. The Hall–Kier alpha value is -2.18. The number of nitrogens with one attached hydrogen (secondary N) is 2. The topological polar surface area (TPSA) is 41.1 Å². The summed E-state index contributed by atoms with van der Waals surface area (Å²) in [7, 11) is 0. The number of thioether (sulfide) groups is 1. The summed E-state index contributed by atoms with van der Waals surface area (Å²) in [6.07, 6.45) is 2.96. The third-order valence-electron chi connectivity index (χ3n) is 4.13. The predicted molar refractivity (Wildman–Crippen MR) is 100.0 cm³/mol. The molecule has 1 unspecified atom stereocenters. The second-order valence-corrected chi connectivity index (χ2v) is 7.16. The van der Waals surface area contributed by atoms with E-state index in [0.29, 0.717) is 6.54 Å². The predicted octanol–water partition coefficient (Wildman–Crippen LogP) is 3.83. The van der Waals surface area contributed by atoms with Gasteiger partial charge in [0.15, 0.2) is 0 Å². The molecule has 3 rings (SSSR count). The summed E-state index contributed by atoms with van der Waals surface area (Å²) in [5, 5.41) is 5.50. The summed E-state index contributed by atoms with van der Waals surface area (Å²) in [6.45, 7) is 2.17. The highest BCUT2D eigenvalue weighted by Crippen LogP contribution is 2.37. The molecule has 1 aliphatic heterocycles. The van der Waals surface area contributed by atoms with Crippen LogP contribution in [0.25, 0.3) is 0 Å². The Balaban J connectivity index is 1.78. The number of hydrogen-bond donors (Lipinski definition) is 2. The Kier molecular flexibility index (Phi) is 6.41. The fraction of sp³-hybridized carbons (Fsp3) is 0.250. The van der Waals surface area contributed by atoms with Gasteiger partial charge in [-0.1, -0.05) is 42.0 Å². The molecule has 0 bridgehead atoms. The molecule has 2 aromatic carbocycles. The van der Waals surface area contributed by atoms with Crippen molar-refractivity contribution in [1.82, 2.24) is 10.6 Å². The van der Waals surface area contributed by atoms with Gasteiger partial charge in [-0.15, -0.1) is 11.8 Å². The number of hydrogen-bond acceptors (Lipinski definition) is 3. The van der Waals surface area contributed by atoms with Gasteiger partial charge in [0.2, 0.25) is 5.91 Å². The van der Waals surface area contributed by atoms with E-state index in [1.54, 1.807) is 0 Å². The lowest BCUT2D eigenvalue weighted by atomic mass is 10.1. The van der Waals surface area contributed by atoms with Crippen LogP contribution in [-0.2, 0) is 4.79 Å². The quantitative estimate of drug-likeness (QED) is 0.596. The van der Waals surface area contributed by atoms with Crippen LogP contribution in [0.15, 0.2) is 65.1 Å².